The Hall–Kier alpha value is -2.74. The summed E-state index contributed by atoms with van der Waals surface area (Å²) >= 11 is 0. The molecule has 0 radical (unpaired) electrons. The van der Waals surface area contributed by atoms with E-state index in [1.54, 1.807) is 29.2 Å². The van der Waals surface area contributed by atoms with Gasteiger partial charge in [-0.3, -0.25) is 19.3 Å². The average molecular weight is 456 g/mol. The number of rotatable bonds is 7. The molecule has 4 rings (SSSR count). The summed E-state index contributed by atoms with van der Waals surface area (Å²) in [6.07, 6.45) is 4.41. The number of ether oxygens (including phenoxy) is 1. The van der Waals surface area contributed by atoms with Gasteiger partial charge in [-0.05, 0) is 57.1 Å². The maximum Gasteiger partial charge on any atom is 0.325 e. The molecule has 8 nitrogen and oxygen atoms in total. The van der Waals surface area contributed by atoms with Crippen molar-refractivity contribution >= 4 is 23.6 Å². The molecular formula is C25H33N3O5. The maximum absolute atomic E-state index is 13.5. The third kappa shape index (κ3) is 4.53. The molecule has 0 aromatic heterocycles. The normalized spacial score (nSPS) is 26.1. The van der Waals surface area contributed by atoms with Gasteiger partial charge in [-0.25, -0.2) is 4.79 Å². The van der Waals surface area contributed by atoms with Crippen LogP contribution in [0.1, 0.15) is 73.1 Å². The largest absolute Gasteiger partial charge is 0.376 e. The molecule has 1 aromatic carbocycles. The number of hydrogen-bond acceptors (Lipinski definition) is 5. The quantitative estimate of drug-likeness (QED) is 0.504. The van der Waals surface area contributed by atoms with E-state index >= 15 is 0 Å². The molecule has 0 bridgehead atoms. The fourth-order valence-electron chi connectivity index (χ4n) is 5.45. The van der Waals surface area contributed by atoms with Crippen LogP contribution in [0.15, 0.2) is 24.3 Å². The molecule has 1 N–H and O–H groups in total. The van der Waals surface area contributed by atoms with Crippen LogP contribution in [0.25, 0.3) is 0 Å². The van der Waals surface area contributed by atoms with E-state index in [9.17, 15) is 19.2 Å². The fraction of sp³-hybridized carbons (Fsp3) is 0.600. The van der Waals surface area contributed by atoms with Gasteiger partial charge >= 0.3 is 6.03 Å². The first-order valence-electron chi connectivity index (χ1n) is 12.0. The van der Waals surface area contributed by atoms with Gasteiger partial charge < -0.3 is 15.0 Å². The first kappa shape index (κ1) is 23.4. The first-order chi connectivity index (χ1) is 15.9. The molecule has 3 saturated heterocycles. The van der Waals surface area contributed by atoms with Crippen LogP contribution in [0, 0.1) is 5.92 Å². The van der Waals surface area contributed by atoms with Crippen LogP contribution >= 0.6 is 0 Å². The van der Waals surface area contributed by atoms with E-state index in [1.165, 1.54) is 11.8 Å². The molecular weight excluding hydrogens is 422 g/mol. The highest BCUT2D eigenvalue weighted by Gasteiger charge is 2.55. The molecule has 1 aromatic rings. The second-order valence-electron chi connectivity index (χ2n) is 9.40. The van der Waals surface area contributed by atoms with Crippen LogP contribution in [0.3, 0.4) is 0 Å². The molecule has 0 saturated carbocycles. The molecule has 8 heteroatoms. The van der Waals surface area contributed by atoms with Crippen molar-refractivity contribution in [3.8, 4) is 0 Å². The lowest BCUT2D eigenvalue weighted by molar-refractivity contribution is -0.135. The van der Waals surface area contributed by atoms with Crippen molar-refractivity contribution in [3.05, 3.63) is 35.4 Å². The summed E-state index contributed by atoms with van der Waals surface area (Å²) in [7, 11) is 0. The molecule has 0 unspecified atom stereocenters. The predicted octanol–water partition coefficient (Wildman–Crippen LogP) is 3.01. The van der Waals surface area contributed by atoms with Gasteiger partial charge in [0.2, 0.25) is 0 Å². The molecule has 3 heterocycles. The monoisotopic (exact) mass is 455 g/mol. The van der Waals surface area contributed by atoms with E-state index in [0.29, 0.717) is 56.6 Å². The van der Waals surface area contributed by atoms with E-state index in [1.807, 2.05) is 6.92 Å². The number of hydrogen-bond donors (Lipinski definition) is 1. The zero-order valence-electron chi connectivity index (χ0n) is 19.5. The van der Waals surface area contributed by atoms with E-state index in [0.717, 1.165) is 19.3 Å². The summed E-state index contributed by atoms with van der Waals surface area (Å²) < 4.78 is 5.65. The fourth-order valence-corrected chi connectivity index (χ4v) is 5.45. The van der Waals surface area contributed by atoms with E-state index in [-0.39, 0.29) is 35.7 Å². The topological polar surface area (TPSA) is 96.0 Å². The number of piperidine rings is 1. The Bertz CT molecular complexity index is 916. The van der Waals surface area contributed by atoms with Crippen molar-refractivity contribution in [2.24, 2.45) is 5.92 Å². The smallest absolute Gasteiger partial charge is 0.325 e. The van der Waals surface area contributed by atoms with Gasteiger partial charge in [0.25, 0.3) is 11.8 Å². The first-order valence-corrected chi connectivity index (χ1v) is 12.0. The summed E-state index contributed by atoms with van der Waals surface area (Å²) in [6, 6.07) is 6.40. The van der Waals surface area contributed by atoms with E-state index < -0.39 is 5.54 Å². The lowest BCUT2D eigenvalue weighted by Gasteiger charge is -2.41. The predicted molar refractivity (Wildman–Crippen MR) is 122 cm³/mol. The van der Waals surface area contributed by atoms with Crippen LogP contribution in [-0.2, 0) is 9.53 Å². The van der Waals surface area contributed by atoms with Gasteiger partial charge in [0.05, 0.1) is 12.6 Å². The molecule has 0 spiro atoms. The summed E-state index contributed by atoms with van der Waals surface area (Å²) in [5, 5.41) is 3.05. The number of benzene rings is 1. The molecule has 0 aliphatic carbocycles. The summed E-state index contributed by atoms with van der Waals surface area (Å²) in [6.45, 7) is 5.56. The van der Waals surface area contributed by atoms with Crippen molar-refractivity contribution in [2.45, 2.75) is 64.0 Å². The number of carbonyl (C=O) groups excluding carboxylic acids is 4. The van der Waals surface area contributed by atoms with Crippen LogP contribution < -0.4 is 5.32 Å². The number of urea groups is 1. The van der Waals surface area contributed by atoms with E-state index in [4.69, 9.17) is 4.74 Å². The summed E-state index contributed by atoms with van der Waals surface area (Å²) in [5.74, 6) is -0.273. The lowest BCUT2D eigenvalue weighted by Crippen LogP contribution is -2.56. The Morgan fingerprint density at radius 3 is 2.33 bits per heavy atom. The van der Waals surface area contributed by atoms with Gasteiger partial charge in [0.15, 0.2) is 5.78 Å². The summed E-state index contributed by atoms with van der Waals surface area (Å²) in [5.41, 5.74) is 0.229. The highest BCUT2D eigenvalue weighted by Crippen LogP contribution is 2.37. The third-order valence-corrected chi connectivity index (χ3v) is 7.27. The van der Waals surface area contributed by atoms with E-state index in [2.05, 4.69) is 5.32 Å². The van der Waals surface area contributed by atoms with Gasteiger partial charge in [-0.2, -0.15) is 0 Å². The van der Waals surface area contributed by atoms with Gasteiger partial charge in [-0.1, -0.05) is 25.5 Å². The highest BCUT2D eigenvalue weighted by molar-refractivity contribution is 6.07. The third-order valence-electron chi connectivity index (χ3n) is 7.27. The molecule has 3 aliphatic heterocycles. The number of nitrogens with zero attached hydrogens (tertiary/aromatic N) is 2. The van der Waals surface area contributed by atoms with Crippen molar-refractivity contribution in [3.63, 3.8) is 0 Å². The minimum atomic E-state index is -0.900. The Morgan fingerprint density at radius 2 is 1.76 bits per heavy atom. The number of amides is 4. The number of Topliss-reactive ketones (excluding diaryl/α,β-unsaturated/α-hetero) is 1. The second-order valence-corrected chi connectivity index (χ2v) is 9.40. The highest BCUT2D eigenvalue weighted by atomic mass is 16.5. The van der Waals surface area contributed by atoms with Crippen molar-refractivity contribution < 1.29 is 23.9 Å². The van der Waals surface area contributed by atoms with Gasteiger partial charge in [-0.15, -0.1) is 0 Å². The minimum absolute atomic E-state index is 0.0208. The SMILES string of the molecule is CCC[C@@]1(C2CCN(C(=O)c3ccc(C(C)=O)cc3)CC2)NC(=O)N(C[C@H]2CCCO2)C1=O. The number of carbonyl (C=O) groups is 4. The van der Waals surface area contributed by atoms with Crippen molar-refractivity contribution in [1.82, 2.24) is 15.1 Å². The average Bonchev–Trinajstić information content (AvgIpc) is 3.42. The molecule has 178 valence electrons. The lowest BCUT2D eigenvalue weighted by atomic mass is 9.74. The Morgan fingerprint density at radius 1 is 1.09 bits per heavy atom. The number of imide groups is 1. The molecule has 2 atom stereocenters. The van der Waals surface area contributed by atoms with Crippen LogP contribution in [0.5, 0.6) is 0 Å². The zero-order chi connectivity index (χ0) is 23.6. The van der Waals surface area contributed by atoms with Crippen molar-refractivity contribution in [1.29, 1.82) is 0 Å². The maximum atomic E-state index is 13.5. The Labute approximate surface area is 194 Å². The summed E-state index contributed by atoms with van der Waals surface area (Å²) in [4.78, 5) is 53.9. The second kappa shape index (κ2) is 9.63. The van der Waals surface area contributed by atoms with Crippen LogP contribution in [0.4, 0.5) is 4.79 Å². The zero-order valence-corrected chi connectivity index (χ0v) is 19.5. The number of nitrogens with one attached hydrogen (secondary N) is 1. The number of ketones is 1. The number of likely N-dealkylation sites (tertiary alicyclic amines) is 1. The molecule has 3 aliphatic rings. The molecule has 33 heavy (non-hydrogen) atoms. The van der Waals surface area contributed by atoms with Crippen LogP contribution in [0.2, 0.25) is 0 Å². The Balaban J connectivity index is 1.43. The minimum Gasteiger partial charge on any atom is -0.376 e. The van der Waals surface area contributed by atoms with Gasteiger partial charge in [0.1, 0.15) is 5.54 Å². The standard InChI is InChI=1S/C25H33N3O5/c1-3-12-25(23(31)28(24(32)26-25)16-21-5-4-15-33-21)20-10-13-27(14-11-20)22(30)19-8-6-18(7-9-19)17(2)29/h6-9,20-21H,3-5,10-16H2,1-2H3,(H,26,32)/t21-,25+/m1/s1. The van der Waals surface area contributed by atoms with Crippen molar-refractivity contribution in [2.75, 3.05) is 26.2 Å². The van der Waals surface area contributed by atoms with Gasteiger partial charge in [0, 0.05) is 30.8 Å². The Kier molecular flexibility index (Phi) is 6.83. The molecule has 3 fully saturated rings. The van der Waals surface area contributed by atoms with Crippen LogP contribution in [-0.4, -0.2) is 71.3 Å². The molecule has 4 amide bonds.